The Labute approximate surface area is 129 Å². The van der Waals surface area contributed by atoms with E-state index in [1.54, 1.807) is 0 Å². The topological polar surface area (TPSA) is 15.3 Å². The molecule has 2 bridgehead atoms. The van der Waals surface area contributed by atoms with Crippen molar-refractivity contribution in [1.29, 1.82) is 0 Å². The third kappa shape index (κ3) is 3.26. The quantitative estimate of drug-likeness (QED) is 0.875. The predicted molar refractivity (Wildman–Crippen MR) is 91.0 cm³/mol. The minimum absolute atomic E-state index is 0.742. The van der Waals surface area contributed by atoms with Gasteiger partial charge in [0.25, 0.3) is 0 Å². The van der Waals surface area contributed by atoms with Crippen LogP contribution in [0.3, 0.4) is 0 Å². The summed E-state index contributed by atoms with van der Waals surface area (Å²) in [5, 5.41) is 3.76. The number of anilines is 1. The van der Waals surface area contributed by atoms with Crippen molar-refractivity contribution in [1.82, 2.24) is 5.32 Å². The second-order valence-electron chi connectivity index (χ2n) is 6.79. The van der Waals surface area contributed by atoms with Gasteiger partial charge in [0.2, 0.25) is 0 Å². The van der Waals surface area contributed by atoms with Crippen LogP contribution in [0.2, 0.25) is 0 Å². The molecule has 2 nitrogen and oxygen atoms in total. The lowest BCUT2D eigenvalue weighted by Crippen LogP contribution is -2.56. The SMILES string of the molecule is CCCNC1CC2CCCC(C1)N2c1ccc(CC)cc1. The smallest absolute Gasteiger partial charge is 0.0371 e. The highest BCUT2D eigenvalue weighted by atomic mass is 15.2. The molecule has 2 aliphatic rings. The predicted octanol–water partition coefficient (Wildman–Crippen LogP) is 4.14. The van der Waals surface area contributed by atoms with E-state index in [-0.39, 0.29) is 0 Å². The highest BCUT2D eigenvalue weighted by Crippen LogP contribution is 2.37. The number of piperidine rings is 2. The first-order chi connectivity index (χ1) is 10.3. The second-order valence-corrected chi connectivity index (χ2v) is 6.79. The molecule has 2 heteroatoms. The molecule has 21 heavy (non-hydrogen) atoms. The molecular formula is C19H30N2. The Bertz CT molecular complexity index is 425. The average molecular weight is 286 g/mol. The largest absolute Gasteiger partial charge is 0.365 e. The molecule has 0 aromatic heterocycles. The van der Waals surface area contributed by atoms with Crippen LogP contribution in [-0.2, 0) is 6.42 Å². The molecule has 2 atom stereocenters. The van der Waals surface area contributed by atoms with Crippen molar-refractivity contribution in [2.24, 2.45) is 0 Å². The highest BCUT2D eigenvalue weighted by Gasteiger charge is 2.37. The summed E-state index contributed by atoms with van der Waals surface area (Å²) in [4.78, 5) is 2.74. The van der Waals surface area contributed by atoms with Crippen LogP contribution < -0.4 is 10.2 Å². The molecule has 2 aliphatic heterocycles. The van der Waals surface area contributed by atoms with Crippen molar-refractivity contribution in [3.63, 3.8) is 0 Å². The van der Waals surface area contributed by atoms with Crippen LogP contribution in [0.1, 0.15) is 57.9 Å². The number of benzene rings is 1. The Balaban J connectivity index is 1.73. The maximum atomic E-state index is 3.76. The van der Waals surface area contributed by atoms with Gasteiger partial charge in [0.1, 0.15) is 0 Å². The molecule has 0 radical (unpaired) electrons. The molecule has 0 amide bonds. The molecule has 2 heterocycles. The van der Waals surface area contributed by atoms with Crippen molar-refractivity contribution in [2.75, 3.05) is 11.4 Å². The van der Waals surface area contributed by atoms with Gasteiger partial charge < -0.3 is 10.2 Å². The zero-order chi connectivity index (χ0) is 14.7. The van der Waals surface area contributed by atoms with Gasteiger partial charge in [0.15, 0.2) is 0 Å². The van der Waals surface area contributed by atoms with Crippen LogP contribution in [0.4, 0.5) is 5.69 Å². The van der Waals surface area contributed by atoms with E-state index in [4.69, 9.17) is 0 Å². The van der Waals surface area contributed by atoms with Crippen LogP contribution in [0, 0.1) is 0 Å². The van der Waals surface area contributed by atoms with E-state index in [1.165, 1.54) is 56.3 Å². The maximum Gasteiger partial charge on any atom is 0.0371 e. The van der Waals surface area contributed by atoms with Gasteiger partial charge in [-0.1, -0.05) is 26.0 Å². The third-order valence-electron chi connectivity index (χ3n) is 5.30. The summed E-state index contributed by atoms with van der Waals surface area (Å²) in [5.74, 6) is 0. The summed E-state index contributed by atoms with van der Waals surface area (Å²) in [7, 11) is 0. The lowest BCUT2D eigenvalue weighted by atomic mass is 9.81. The van der Waals surface area contributed by atoms with Crippen molar-refractivity contribution in [3.05, 3.63) is 29.8 Å². The van der Waals surface area contributed by atoms with Crippen molar-refractivity contribution < 1.29 is 0 Å². The van der Waals surface area contributed by atoms with Gasteiger partial charge in [-0.05, 0) is 69.2 Å². The van der Waals surface area contributed by atoms with Gasteiger partial charge in [-0.25, -0.2) is 0 Å². The number of aryl methyl sites for hydroxylation is 1. The molecule has 1 aromatic carbocycles. The number of rotatable bonds is 5. The summed E-state index contributed by atoms with van der Waals surface area (Å²) < 4.78 is 0. The summed E-state index contributed by atoms with van der Waals surface area (Å²) in [5.41, 5.74) is 2.90. The van der Waals surface area contributed by atoms with Crippen molar-refractivity contribution >= 4 is 5.69 Å². The minimum atomic E-state index is 0.742. The van der Waals surface area contributed by atoms with Gasteiger partial charge in [-0.2, -0.15) is 0 Å². The number of nitrogens with one attached hydrogen (secondary N) is 1. The van der Waals surface area contributed by atoms with E-state index < -0.39 is 0 Å². The van der Waals surface area contributed by atoms with Gasteiger partial charge in [0, 0.05) is 23.8 Å². The third-order valence-corrected chi connectivity index (χ3v) is 5.30. The first-order valence-electron chi connectivity index (χ1n) is 8.92. The van der Waals surface area contributed by atoms with E-state index in [0.717, 1.165) is 24.5 Å². The zero-order valence-electron chi connectivity index (χ0n) is 13.6. The molecule has 116 valence electrons. The monoisotopic (exact) mass is 286 g/mol. The van der Waals surface area contributed by atoms with Crippen LogP contribution in [-0.4, -0.2) is 24.7 Å². The van der Waals surface area contributed by atoms with Gasteiger partial charge in [-0.3, -0.25) is 0 Å². The van der Waals surface area contributed by atoms with E-state index in [2.05, 4.69) is 48.3 Å². The first-order valence-corrected chi connectivity index (χ1v) is 8.92. The Kier molecular flexibility index (Phi) is 4.84. The fraction of sp³-hybridized carbons (Fsp3) is 0.684. The van der Waals surface area contributed by atoms with Crippen LogP contribution in [0.5, 0.6) is 0 Å². The Morgan fingerprint density at radius 1 is 1.05 bits per heavy atom. The highest BCUT2D eigenvalue weighted by molar-refractivity contribution is 5.51. The average Bonchev–Trinajstić information content (AvgIpc) is 2.52. The van der Waals surface area contributed by atoms with Gasteiger partial charge in [-0.15, -0.1) is 0 Å². The molecule has 3 rings (SSSR count). The van der Waals surface area contributed by atoms with E-state index in [0.29, 0.717) is 0 Å². The van der Waals surface area contributed by atoms with Crippen LogP contribution in [0.25, 0.3) is 0 Å². The molecule has 2 unspecified atom stereocenters. The lowest BCUT2D eigenvalue weighted by molar-refractivity contribution is 0.246. The minimum Gasteiger partial charge on any atom is -0.365 e. The van der Waals surface area contributed by atoms with Gasteiger partial charge in [0.05, 0.1) is 0 Å². The van der Waals surface area contributed by atoms with E-state index in [9.17, 15) is 0 Å². The summed E-state index contributed by atoms with van der Waals surface area (Å²) in [6.07, 6.45) is 9.19. The molecule has 2 fully saturated rings. The fourth-order valence-corrected chi connectivity index (χ4v) is 4.22. The summed E-state index contributed by atoms with van der Waals surface area (Å²) in [6.45, 7) is 5.67. The van der Waals surface area contributed by atoms with Gasteiger partial charge >= 0.3 is 0 Å². The van der Waals surface area contributed by atoms with Crippen molar-refractivity contribution in [3.8, 4) is 0 Å². The van der Waals surface area contributed by atoms with Crippen LogP contribution in [0.15, 0.2) is 24.3 Å². The molecule has 1 N–H and O–H groups in total. The number of hydrogen-bond acceptors (Lipinski definition) is 2. The summed E-state index contributed by atoms with van der Waals surface area (Å²) >= 11 is 0. The Morgan fingerprint density at radius 3 is 2.29 bits per heavy atom. The second kappa shape index (κ2) is 6.83. The molecule has 1 aromatic rings. The normalized spacial score (nSPS) is 28.7. The maximum absolute atomic E-state index is 3.76. The summed E-state index contributed by atoms with van der Waals surface area (Å²) in [6, 6.07) is 11.6. The molecule has 0 saturated carbocycles. The molecule has 0 aliphatic carbocycles. The number of fused-ring (bicyclic) bond motifs is 2. The standard InChI is InChI=1S/C19H30N2/c1-3-12-20-16-13-18-6-5-7-19(14-16)21(18)17-10-8-15(4-2)9-11-17/h8-11,16,18-20H,3-7,12-14H2,1-2H3. The molecule has 0 spiro atoms. The van der Waals surface area contributed by atoms with E-state index >= 15 is 0 Å². The zero-order valence-corrected chi connectivity index (χ0v) is 13.6. The molecule has 2 saturated heterocycles. The van der Waals surface area contributed by atoms with Crippen molar-refractivity contribution in [2.45, 2.75) is 76.9 Å². The molecular weight excluding hydrogens is 256 g/mol. The Hall–Kier alpha value is -1.02. The fourth-order valence-electron chi connectivity index (χ4n) is 4.22. The number of nitrogens with zero attached hydrogens (tertiary/aromatic N) is 1. The lowest BCUT2D eigenvalue weighted by Gasteiger charge is -2.50. The van der Waals surface area contributed by atoms with Crippen LogP contribution >= 0.6 is 0 Å². The number of hydrogen-bond donors (Lipinski definition) is 1. The van der Waals surface area contributed by atoms with E-state index in [1.807, 2.05) is 0 Å². The Morgan fingerprint density at radius 2 is 1.71 bits per heavy atom. The first kappa shape index (κ1) is 14.9.